The van der Waals surface area contributed by atoms with Gasteiger partial charge >= 0.3 is 0 Å². The van der Waals surface area contributed by atoms with Gasteiger partial charge in [-0.15, -0.1) is 5.53 Å². The lowest BCUT2D eigenvalue weighted by Crippen LogP contribution is -2.36. The van der Waals surface area contributed by atoms with Crippen molar-refractivity contribution in [3.05, 3.63) is 101 Å². The number of nitrogens with one attached hydrogen (secondary N) is 4. The SMILES string of the molecule is COc1c(NC(=O)c2ccc(C)c(N3C=C(c4cnn(-c5ccccc5)c4C4CC4)NN3)c2)cc(C(C)(C)C)cc1NS(C)(=O)=O. The van der Waals surface area contributed by atoms with Gasteiger partial charge in [0, 0.05) is 23.2 Å². The van der Waals surface area contributed by atoms with E-state index in [1.165, 1.54) is 12.8 Å². The molecule has 240 valence electrons. The Bertz CT molecular complexity index is 1940. The lowest BCUT2D eigenvalue weighted by molar-refractivity contribution is 0.102. The molecule has 1 fully saturated rings. The van der Waals surface area contributed by atoms with Gasteiger partial charge in [-0.1, -0.05) is 45.0 Å². The van der Waals surface area contributed by atoms with Crippen LogP contribution >= 0.6 is 0 Å². The van der Waals surface area contributed by atoms with E-state index in [1.807, 2.05) is 86.2 Å². The van der Waals surface area contributed by atoms with Crippen LogP contribution < -0.4 is 30.7 Å². The zero-order chi connectivity index (χ0) is 32.8. The number of ether oxygens (including phenoxy) is 1. The Labute approximate surface area is 269 Å². The van der Waals surface area contributed by atoms with Crippen LogP contribution in [0, 0.1) is 6.92 Å². The monoisotopic (exact) mass is 641 g/mol. The number of carbonyl (C=O) groups excluding carboxylic acids is 1. The van der Waals surface area contributed by atoms with Crippen molar-refractivity contribution in [2.45, 2.75) is 51.9 Å². The minimum Gasteiger partial charge on any atom is -0.492 e. The summed E-state index contributed by atoms with van der Waals surface area (Å²) in [5, 5.41) is 9.54. The van der Waals surface area contributed by atoms with Crippen molar-refractivity contribution >= 4 is 38.7 Å². The molecule has 1 aliphatic heterocycles. The number of sulfonamides is 1. The maximum absolute atomic E-state index is 13.7. The zero-order valence-corrected chi connectivity index (χ0v) is 27.6. The van der Waals surface area contributed by atoms with Crippen LogP contribution in [-0.4, -0.2) is 37.5 Å². The van der Waals surface area contributed by atoms with Crippen LogP contribution in [0.3, 0.4) is 0 Å². The van der Waals surface area contributed by atoms with Crippen molar-refractivity contribution in [2.75, 3.05) is 28.4 Å². The zero-order valence-electron chi connectivity index (χ0n) is 26.8. The highest BCUT2D eigenvalue weighted by Crippen LogP contribution is 2.44. The Kier molecular flexibility index (Phi) is 8.03. The number of hydrogen-bond acceptors (Lipinski definition) is 8. The second-order valence-electron chi connectivity index (χ2n) is 12.8. The van der Waals surface area contributed by atoms with E-state index in [0.29, 0.717) is 17.2 Å². The first-order valence-electron chi connectivity index (χ1n) is 15.1. The maximum atomic E-state index is 13.7. The summed E-state index contributed by atoms with van der Waals surface area (Å²) in [6.45, 7) is 8.01. The molecule has 2 heterocycles. The molecular formula is C34H39N7O4S. The van der Waals surface area contributed by atoms with Gasteiger partial charge in [0.2, 0.25) is 10.0 Å². The van der Waals surface area contributed by atoms with Crippen LogP contribution in [0.4, 0.5) is 17.1 Å². The van der Waals surface area contributed by atoms with Gasteiger partial charge in [0.25, 0.3) is 5.91 Å². The standard InChI is InChI=1S/C34H39N7O4S/c1-21-12-13-23(33(42)36-27-17-24(34(2,3)4)18-28(32(27)45-5)38-46(6,43)44)16-30(21)40-20-29(37-39-40)26-19-35-41(31(26)22-14-15-22)25-10-8-7-9-11-25/h7-13,16-20,22,37-39H,14-15H2,1-6H3,(H,36,42). The van der Waals surface area contributed by atoms with Crippen molar-refractivity contribution in [3.63, 3.8) is 0 Å². The molecule has 1 aromatic heterocycles. The highest BCUT2D eigenvalue weighted by atomic mass is 32.2. The number of aryl methyl sites for hydroxylation is 1. The van der Waals surface area contributed by atoms with Crippen molar-refractivity contribution in [1.29, 1.82) is 0 Å². The average molecular weight is 642 g/mol. The quantitative estimate of drug-likeness (QED) is 0.180. The molecule has 0 saturated heterocycles. The first kappa shape index (κ1) is 31.2. The lowest BCUT2D eigenvalue weighted by Gasteiger charge is -2.24. The number of para-hydroxylation sites is 1. The van der Waals surface area contributed by atoms with Gasteiger partial charge in [0.1, 0.15) is 0 Å². The van der Waals surface area contributed by atoms with Crippen LogP contribution in [0.2, 0.25) is 0 Å². The molecule has 4 N–H and O–H groups in total. The van der Waals surface area contributed by atoms with Crippen LogP contribution in [0.25, 0.3) is 11.4 Å². The number of aromatic nitrogens is 2. The van der Waals surface area contributed by atoms with Gasteiger partial charge in [0.15, 0.2) is 5.75 Å². The molecule has 0 spiro atoms. The smallest absolute Gasteiger partial charge is 0.255 e. The van der Waals surface area contributed by atoms with Crippen molar-refractivity contribution in [3.8, 4) is 11.4 Å². The number of hydrazine groups is 2. The predicted molar refractivity (Wildman–Crippen MR) is 182 cm³/mol. The van der Waals surface area contributed by atoms with Crippen LogP contribution in [0.15, 0.2) is 73.1 Å². The predicted octanol–water partition coefficient (Wildman–Crippen LogP) is 5.82. The molecule has 0 atom stereocenters. The fourth-order valence-corrected chi connectivity index (χ4v) is 6.08. The fraction of sp³-hybridized carbons (Fsp3) is 0.294. The summed E-state index contributed by atoms with van der Waals surface area (Å²) in [6, 6.07) is 19.1. The molecule has 2 aliphatic rings. The topological polar surface area (TPSA) is 130 Å². The highest BCUT2D eigenvalue weighted by Gasteiger charge is 2.33. The molecule has 0 unspecified atom stereocenters. The molecule has 12 heteroatoms. The molecule has 6 rings (SSSR count). The summed E-state index contributed by atoms with van der Waals surface area (Å²) in [6.07, 6.45) is 7.20. The number of carbonyl (C=O) groups is 1. The van der Waals surface area contributed by atoms with Gasteiger partial charge in [-0.2, -0.15) is 5.10 Å². The molecule has 0 radical (unpaired) electrons. The third-order valence-corrected chi connectivity index (χ3v) is 8.65. The van der Waals surface area contributed by atoms with E-state index in [1.54, 1.807) is 12.1 Å². The molecular weight excluding hydrogens is 602 g/mol. The summed E-state index contributed by atoms with van der Waals surface area (Å²) in [7, 11) is -2.16. The number of rotatable bonds is 9. The summed E-state index contributed by atoms with van der Waals surface area (Å²) in [4.78, 5) is 13.7. The summed E-state index contributed by atoms with van der Waals surface area (Å²) in [5.41, 5.74) is 13.9. The molecule has 46 heavy (non-hydrogen) atoms. The van der Waals surface area contributed by atoms with E-state index in [-0.39, 0.29) is 22.8 Å². The summed E-state index contributed by atoms with van der Waals surface area (Å²) in [5.74, 6) is 0.303. The van der Waals surface area contributed by atoms with Crippen LogP contribution in [0.1, 0.15) is 72.3 Å². The number of hydrogen-bond donors (Lipinski definition) is 4. The summed E-state index contributed by atoms with van der Waals surface area (Å²) >= 11 is 0. The van der Waals surface area contributed by atoms with Crippen molar-refractivity contribution in [1.82, 2.24) is 20.7 Å². The molecule has 1 amide bonds. The third-order valence-electron chi connectivity index (χ3n) is 8.06. The van der Waals surface area contributed by atoms with Crippen molar-refractivity contribution in [2.24, 2.45) is 0 Å². The molecule has 1 aliphatic carbocycles. The third kappa shape index (κ3) is 6.44. The summed E-state index contributed by atoms with van der Waals surface area (Å²) < 4.78 is 34.4. The van der Waals surface area contributed by atoms with Gasteiger partial charge in [-0.05, 0) is 72.7 Å². The van der Waals surface area contributed by atoms with Gasteiger partial charge < -0.3 is 15.5 Å². The van der Waals surface area contributed by atoms with Gasteiger partial charge in [-0.25, -0.2) is 13.1 Å². The maximum Gasteiger partial charge on any atom is 0.255 e. The van der Waals surface area contributed by atoms with Crippen LogP contribution in [0.5, 0.6) is 5.75 Å². The second kappa shape index (κ2) is 11.8. The Morgan fingerprint density at radius 2 is 1.76 bits per heavy atom. The molecule has 1 saturated carbocycles. The molecule has 4 aromatic rings. The second-order valence-corrected chi connectivity index (χ2v) is 14.5. The first-order valence-corrected chi connectivity index (χ1v) is 17.0. The number of benzene rings is 3. The van der Waals surface area contributed by atoms with E-state index in [0.717, 1.165) is 52.9 Å². The first-order chi connectivity index (χ1) is 21.8. The number of amides is 1. The normalized spacial score (nSPS) is 14.9. The molecule has 0 bridgehead atoms. The lowest BCUT2D eigenvalue weighted by atomic mass is 9.86. The van der Waals surface area contributed by atoms with E-state index >= 15 is 0 Å². The number of nitrogens with zero attached hydrogens (tertiary/aromatic N) is 3. The van der Waals surface area contributed by atoms with E-state index < -0.39 is 10.0 Å². The fourth-order valence-electron chi connectivity index (χ4n) is 5.53. The number of methoxy groups -OCH3 is 1. The molecule has 3 aromatic carbocycles. The van der Waals surface area contributed by atoms with E-state index in [2.05, 4.69) is 33.1 Å². The molecule has 11 nitrogen and oxygen atoms in total. The Hall–Kier alpha value is -4.81. The van der Waals surface area contributed by atoms with E-state index in [4.69, 9.17) is 9.84 Å². The van der Waals surface area contributed by atoms with Gasteiger partial charge in [-0.3, -0.25) is 14.5 Å². The average Bonchev–Trinajstić information content (AvgIpc) is 3.54. The highest BCUT2D eigenvalue weighted by molar-refractivity contribution is 7.92. The van der Waals surface area contributed by atoms with Gasteiger partial charge in [0.05, 0.1) is 53.7 Å². The Balaban J connectivity index is 1.30. The largest absolute Gasteiger partial charge is 0.492 e. The minimum atomic E-state index is -3.60. The van der Waals surface area contributed by atoms with E-state index in [9.17, 15) is 13.2 Å². The van der Waals surface area contributed by atoms with Crippen LogP contribution in [-0.2, 0) is 15.4 Å². The van der Waals surface area contributed by atoms with Crippen molar-refractivity contribution < 1.29 is 17.9 Å². The Morgan fingerprint density at radius 1 is 1.04 bits per heavy atom. The number of anilines is 3. The minimum absolute atomic E-state index is 0.222. The Morgan fingerprint density at radius 3 is 2.41 bits per heavy atom.